The molecule has 1 unspecified atom stereocenters. The summed E-state index contributed by atoms with van der Waals surface area (Å²) in [7, 11) is 0. The summed E-state index contributed by atoms with van der Waals surface area (Å²) in [6.45, 7) is 13.2. The normalized spacial score (nSPS) is 15.7. The Morgan fingerprint density at radius 1 is 0.596 bits per heavy atom. The van der Waals surface area contributed by atoms with E-state index < -0.39 is 5.60 Å². The van der Waals surface area contributed by atoms with Crippen molar-refractivity contribution in [1.29, 1.82) is 0 Å². The lowest BCUT2D eigenvalue weighted by molar-refractivity contribution is 0.139. The lowest BCUT2D eigenvalue weighted by Crippen LogP contribution is -2.41. The van der Waals surface area contributed by atoms with Gasteiger partial charge in [-0.15, -0.1) is 0 Å². The van der Waals surface area contributed by atoms with Gasteiger partial charge in [0.15, 0.2) is 5.60 Å². The van der Waals surface area contributed by atoms with Crippen LogP contribution in [0.3, 0.4) is 0 Å². The number of anilines is 2. The number of aromatic nitrogens is 1. The first-order valence-electron chi connectivity index (χ1n) is 17.0. The van der Waals surface area contributed by atoms with Gasteiger partial charge in [0.05, 0.1) is 5.69 Å². The third-order valence-electron chi connectivity index (χ3n) is 10.1. The number of hydrogen-bond acceptors (Lipinski definition) is 4. The second-order valence-corrected chi connectivity index (χ2v) is 12.4. The molecule has 5 heteroatoms. The zero-order valence-corrected chi connectivity index (χ0v) is 27.7. The quantitative estimate of drug-likeness (QED) is 0.170. The molecular weight excluding hydrogens is 578 g/mol. The van der Waals surface area contributed by atoms with Crippen molar-refractivity contribution in [1.82, 2.24) is 4.57 Å². The Bertz CT molecular complexity index is 2090. The fourth-order valence-corrected chi connectivity index (χ4v) is 7.82. The van der Waals surface area contributed by atoms with E-state index in [-0.39, 0.29) is 0 Å². The van der Waals surface area contributed by atoms with Gasteiger partial charge in [-0.1, -0.05) is 60.7 Å². The van der Waals surface area contributed by atoms with E-state index >= 15 is 0 Å². The minimum absolute atomic E-state index is 0.748. The van der Waals surface area contributed by atoms with E-state index in [0.717, 1.165) is 78.0 Å². The van der Waals surface area contributed by atoms with Crippen LogP contribution in [0, 0.1) is 0 Å². The molecule has 2 aliphatic rings. The lowest BCUT2D eigenvalue weighted by Gasteiger charge is -2.44. The summed E-state index contributed by atoms with van der Waals surface area (Å²) in [4.78, 5) is 4.76. The molecule has 0 radical (unpaired) electrons. The molecule has 0 fully saturated rings. The molecule has 3 heterocycles. The van der Waals surface area contributed by atoms with Crippen molar-refractivity contribution in [2.75, 3.05) is 36.0 Å². The summed E-state index contributed by atoms with van der Waals surface area (Å²) in [5.41, 5.74) is 9.34. The van der Waals surface area contributed by atoms with Gasteiger partial charge in [0.2, 0.25) is 0 Å². The zero-order valence-electron chi connectivity index (χ0n) is 27.7. The maximum absolute atomic E-state index is 7.54. The standard InChI is InChI=1S/C42H41N3O2/c1-5-43(6-2)30-23-25-38-35(26-30)42(34-24-22-31(27-39(34)46-38)44(7-3)8-4)40-32-18-12-14-20-36(32)45(28-29-16-10-9-11-17-29)41(40)33-19-13-15-21-37(33)47-42/h9-27H,5-8,28H2,1-4H3. The summed E-state index contributed by atoms with van der Waals surface area (Å²) in [5.74, 6) is 2.54. The molecule has 2 aliphatic heterocycles. The smallest absolute Gasteiger partial charge is 0.194 e. The third-order valence-corrected chi connectivity index (χ3v) is 10.1. The summed E-state index contributed by atoms with van der Waals surface area (Å²) >= 11 is 0. The van der Waals surface area contributed by atoms with Gasteiger partial charge >= 0.3 is 0 Å². The summed E-state index contributed by atoms with van der Waals surface area (Å²) in [6, 6.07) is 41.5. The summed E-state index contributed by atoms with van der Waals surface area (Å²) < 4.78 is 16.9. The minimum Gasteiger partial charge on any atom is -0.472 e. The molecule has 1 spiro atoms. The predicted molar refractivity (Wildman–Crippen MR) is 194 cm³/mol. The van der Waals surface area contributed by atoms with E-state index in [0.29, 0.717) is 0 Å². The fourth-order valence-electron chi connectivity index (χ4n) is 7.82. The van der Waals surface area contributed by atoms with Crippen molar-refractivity contribution in [3.8, 4) is 28.5 Å². The van der Waals surface area contributed by atoms with Crippen LogP contribution in [0.15, 0.2) is 115 Å². The van der Waals surface area contributed by atoms with E-state index in [4.69, 9.17) is 9.47 Å². The van der Waals surface area contributed by atoms with Crippen LogP contribution in [0.25, 0.3) is 22.2 Å². The summed E-state index contributed by atoms with van der Waals surface area (Å²) in [6.07, 6.45) is 0. The highest BCUT2D eigenvalue weighted by Crippen LogP contribution is 2.61. The molecule has 5 aromatic carbocycles. The van der Waals surface area contributed by atoms with Crippen LogP contribution in [0.1, 0.15) is 49.9 Å². The van der Waals surface area contributed by atoms with Crippen LogP contribution in [-0.4, -0.2) is 30.7 Å². The molecule has 1 atom stereocenters. The van der Waals surface area contributed by atoms with Crippen molar-refractivity contribution in [3.63, 3.8) is 0 Å². The molecule has 47 heavy (non-hydrogen) atoms. The maximum atomic E-state index is 7.54. The Morgan fingerprint density at radius 3 is 2.02 bits per heavy atom. The predicted octanol–water partition coefficient (Wildman–Crippen LogP) is 9.84. The van der Waals surface area contributed by atoms with Crippen molar-refractivity contribution < 1.29 is 9.47 Å². The second-order valence-electron chi connectivity index (χ2n) is 12.4. The van der Waals surface area contributed by atoms with Gasteiger partial charge in [0.1, 0.15) is 17.2 Å². The minimum atomic E-state index is -0.945. The van der Waals surface area contributed by atoms with Crippen molar-refractivity contribution in [2.24, 2.45) is 0 Å². The highest BCUT2D eigenvalue weighted by atomic mass is 16.5. The average Bonchev–Trinajstić information content (AvgIpc) is 3.45. The molecule has 5 nitrogen and oxygen atoms in total. The van der Waals surface area contributed by atoms with Gasteiger partial charge in [-0.25, -0.2) is 0 Å². The molecule has 0 amide bonds. The van der Waals surface area contributed by atoms with E-state index in [1.54, 1.807) is 0 Å². The SMILES string of the molecule is CCN(CC)c1ccc2c(c1)Oc1ccc(N(CC)CC)cc1C21Oc2ccccc2-c2c1c1ccccc1n2Cc1ccccc1. The Balaban J connectivity index is 1.50. The number of nitrogens with zero attached hydrogens (tertiary/aromatic N) is 3. The third kappa shape index (κ3) is 4.44. The van der Waals surface area contributed by atoms with Gasteiger partial charge in [0, 0.05) is 83.3 Å². The maximum Gasteiger partial charge on any atom is 0.194 e. The van der Waals surface area contributed by atoms with Crippen LogP contribution in [-0.2, 0) is 12.1 Å². The average molecular weight is 620 g/mol. The molecule has 0 aliphatic carbocycles. The number of hydrogen-bond donors (Lipinski definition) is 0. The highest BCUT2D eigenvalue weighted by Gasteiger charge is 2.53. The molecular formula is C42H41N3O2. The molecule has 0 saturated carbocycles. The van der Waals surface area contributed by atoms with Crippen LogP contribution in [0.4, 0.5) is 11.4 Å². The van der Waals surface area contributed by atoms with Gasteiger partial charge in [-0.05, 0) is 81.8 Å². The van der Waals surface area contributed by atoms with E-state index in [2.05, 4.69) is 157 Å². The molecule has 0 bridgehead atoms. The van der Waals surface area contributed by atoms with Gasteiger partial charge in [-0.2, -0.15) is 0 Å². The Labute approximate surface area is 277 Å². The molecule has 0 N–H and O–H groups in total. The van der Waals surface area contributed by atoms with E-state index in [9.17, 15) is 0 Å². The molecule has 236 valence electrons. The van der Waals surface area contributed by atoms with Crippen molar-refractivity contribution >= 4 is 22.3 Å². The first-order valence-corrected chi connectivity index (χ1v) is 17.0. The second kappa shape index (κ2) is 11.6. The Morgan fingerprint density at radius 2 is 1.26 bits per heavy atom. The Kier molecular flexibility index (Phi) is 7.20. The first kappa shape index (κ1) is 29.3. The zero-order chi connectivity index (χ0) is 32.1. The van der Waals surface area contributed by atoms with Gasteiger partial charge in [0.25, 0.3) is 0 Å². The van der Waals surface area contributed by atoms with Crippen molar-refractivity contribution in [3.05, 3.63) is 138 Å². The Hall–Kier alpha value is -5.16. The van der Waals surface area contributed by atoms with E-state index in [1.807, 2.05) is 0 Å². The largest absolute Gasteiger partial charge is 0.472 e. The molecule has 1 aromatic heterocycles. The van der Waals surface area contributed by atoms with E-state index in [1.165, 1.54) is 27.7 Å². The van der Waals surface area contributed by atoms with Gasteiger partial charge in [-0.3, -0.25) is 0 Å². The molecule has 8 rings (SSSR count). The summed E-state index contributed by atoms with van der Waals surface area (Å²) in [5, 5.41) is 1.19. The number of para-hydroxylation sites is 2. The van der Waals surface area contributed by atoms with Crippen LogP contribution in [0.2, 0.25) is 0 Å². The fraction of sp³-hybridized carbons (Fsp3) is 0.238. The van der Waals surface area contributed by atoms with Crippen LogP contribution < -0.4 is 19.3 Å². The first-order chi connectivity index (χ1) is 23.1. The van der Waals surface area contributed by atoms with Crippen molar-refractivity contribution in [2.45, 2.75) is 39.8 Å². The van der Waals surface area contributed by atoms with Crippen LogP contribution in [0.5, 0.6) is 17.2 Å². The van der Waals surface area contributed by atoms with Crippen LogP contribution >= 0.6 is 0 Å². The highest BCUT2D eigenvalue weighted by molar-refractivity contribution is 5.97. The molecule has 0 saturated heterocycles. The molecule has 6 aromatic rings. The van der Waals surface area contributed by atoms with Gasteiger partial charge < -0.3 is 23.8 Å². The number of ether oxygens (including phenoxy) is 2. The number of benzene rings is 5. The number of rotatable bonds is 8. The lowest BCUT2D eigenvalue weighted by atomic mass is 9.74. The topological polar surface area (TPSA) is 29.9 Å². The monoisotopic (exact) mass is 619 g/mol. The number of fused-ring (bicyclic) bond motifs is 10.